The SMILES string of the molecule is CC(=O)Oc1ccccc1C1CCCCC1. The number of para-hydroxylation sites is 1. The number of hydrogen-bond donors (Lipinski definition) is 0. The van der Waals surface area contributed by atoms with Crippen molar-refractivity contribution in [2.24, 2.45) is 0 Å². The van der Waals surface area contributed by atoms with E-state index in [1.807, 2.05) is 18.2 Å². The Morgan fingerprint density at radius 3 is 2.56 bits per heavy atom. The van der Waals surface area contributed by atoms with E-state index in [-0.39, 0.29) is 5.97 Å². The maximum absolute atomic E-state index is 11.0. The molecule has 0 bridgehead atoms. The summed E-state index contributed by atoms with van der Waals surface area (Å²) in [5, 5.41) is 0. The Morgan fingerprint density at radius 1 is 1.19 bits per heavy atom. The van der Waals surface area contributed by atoms with Crippen molar-refractivity contribution in [3.63, 3.8) is 0 Å². The Labute approximate surface area is 96.6 Å². The normalized spacial score (nSPS) is 17.1. The van der Waals surface area contributed by atoms with Gasteiger partial charge in [-0.2, -0.15) is 0 Å². The molecule has 1 aliphatic rings. The summed E-state index contributed by atoms with van der Waals surface area (Å²) in [6, 6.07) is 7.93. The van der Waals surface area contributed by atoms with Gasteiger partial charge in [-0.15, -0.1) is 0 Å². The molecule has 0 spiro atoms. The van der Waals surface area contributed by atoms with Crippen LogP contribution in [0.2, 0.25) is 0 Å². The summed E-state index contributed by atoms with van der Waals surface area (Å²) in [4.78, 5) is 11.0. The Kier molecular flexibility index (Phi) is 3.60. The minimum atomic E-state index is -0.233. The molecule has 0 aromatic heterocycles. The number of ether oxygens (including phenoxy) is 1. The molecule has 0 amide bonds. The van der Waals surface area contributed by atoms with Gasteiger partial charge in [0.25, 0.3) is 0 Å². The zero-order valence-corrected chi connectivity index (χ0v) is 9.74. The summed E-state index contributed by atoms with van der Waals surface area (Å²) < 4.78 is 5.26. The van der Waals surface area contributed by atoms with E-state index in [0.29, 0.717) is 5.92 Å². The highest BCUT2D eigenvalue weighted by Crippen LogP contribution is 2.37. The molecule has 2 rings (SSSR count). The molecular formula is C14H18O2. The van der Waals surface area contributed by atoms with E-state index < -0.39 is 0 Å². The fraction of sp³-hybridized carbons (Fsp3) is 0.500. The molecule has 1 aromatic carbocycles. The molecule has 0 radical (unpaired) electrons. The monoisotopic (exact) mass is 218 g/mol. The fourth-order valence-corrected chi connectivity index (χ4v) is 2.48. The van der Waals surface area contributed by atoms with Gasteiger partial charge >= 0.3 is 5.97 Å². The van der Waals surface area contributed by atoms with Gasteiger partial charge in [0.15, 0.2) is 0 Å². The number of rotatable bonds is 2. The van der Waals surface area contributed by atoms with Gasteiger partial charge in [-0.05, 0) is 30.4 Å². The Morgan fingerprint density at radius 2 is 1.88 bits per heavy atom. The van der Waals surface area contributed by atoms with E-state index in [0.717, 1.165) is 5.75 Å². The lowest BCUT2D eigenvalue weighted by atomic mass is 9.84. The van der Waals surface area contributed by atoms with Gasteiger partial charge in [0.1, 0.15) is 5.75 Å². The third-order valence-corrected chi connectivity index (χ3v) is 3.22. The Balaban J connectivity index is 2.20. The van der Waals surface area contributed by atoms with Crippen molar-refractivity contribution in [3.05, 3.63) is 29.8 Å². The van der Waals surface area contributed by atoms with E-state index in [4.69, 9.17) is 4.74 Å². The van der Waals surface area contributed by atoms with Crippen LogP contribution in [0.3, 0.4) is 0 Å². The lowest BCUT2D eigenvalue weighted by Crippen LogP contribution is -2.09. The van der Waals surface area contributed by atoms with Gasteiger partial charge < -0.3 is 4.74 Å². The molecule has 0 saturated heterocycles. The number of hydrogen-bond acceptors (Lipinski definition) is 2. The number of benzene rings is 1. The van der Waals surface area contributed by atoms with Crippen LogP contribution in [0.1, 0.15) is 50.5 Å². The van der Waals surface area contributed by atoms with Gasteiger partial charge in [0.2, 0.25) is 0 Å². The molecular weight excluding hydrogens is 200 g/mol. The predicted octanol–water partition coefficient (Wildman–Crippen LogP) is 3.66. The first-order valence-corrected chi connectivity index (χ1v) is 6.04. The van der Waals surface area contributed by atoms with Crippen molar-refractivity contribution in [1.29, 1.82) is 0 Å². The van der Waals surface area contributed by atoms with E-state index in [1.54, 1.807) is 0 Å². The highest BCUT2D eigenvalue weighted by atomic mass is 16.5. The molecule has 1 aliphatic carbocycles. The van der Waals surface area contributed by atoms with E-state index >= 15 is 0 Å². The largest absolute Gasteiger partial charge is 0.426 e. The van der Waals surface area contributed by atoms with Crippen LogP contribution >= 0.6 is 0 Å². The molecule has 1 fully saturated rings. The van der Waals surface area contributed by atoms with Crippen LogP contribution in [-0.4, -0.2) is 5.97 Å². The third-order valence-electron chi connectivity index (χ3n) is 3.22. The van der Waals surface area contributed by atoms with Gasteiger partial charge in [-0.25, -0.2) is 0 Å². The van der Waals surface area contributed by atoms with Gasteiger partial charge in [-0.1, -0.05) is 37.5 Å². The average Bonchev–Trinajstić information content (AvgIpc) is 2.30. The third kappa shape index (κ3) is 2.63. The molecule has 0 N–H and O–H groups in total. The molecule has 0 atom stereocenters. The van der Waals surface area contributed by atoms with E-state index in [2.05, 4.69) is 6.07 Å². The van der Waals surface area contributed by atoms with Crippen LogP contribution in [0.4, 0.5) is 0 Å². The van der Waals surface area contributed by atoms with E-state index in [1.165, 1.54) is 44.6 Å². The first-order chi connectivity index (χ1) is 7.77. The average molecular weight is 218 g/mol. The minimum absolute atomic E-state index is 0.233. The minimum Gasteiger partial charge on any atom is -0.426 e. The summed E-state index contributed by atoms with van der Waals surface area (Å²) in [6.45, 7) is 1.46. The molecule has 0 heterocycles. The molecule has 1 saturated carbocycles. The van der Waals surface area contributed by atoms with Crippen LogP contribution in [0.15, 0.2) is 24.3 Å². The quantitative estimate of drug-likeness (QED) is 0.559. The number of carbonyl (C=O) groups is 1. The topological polar surface area (TPSA) is 26.3 Å². The second kappa shape index (κ2) is 5.15. The van der Waals surface area contributed by atoms with Crippen LogP contribution in [0, 0.1) is 0 Å². The van der Waals surface area contributed by atoms with Gasteiger partial charge in [0.05, 0.1) is 0 Å². The second-order valence-corrected chi connectivity index (χ2v) is 4.47. The summed E-state index contributed by atoms with van der Waals surface area (Å²) in [6.07, 6.45) is 6.36. The van der Waals surface area contributed by atoms with Crippen molar-refractivity contribution in [3.8, 4) is 5.75 Å². The lowest BCUT2D eigenvalue weighted by Gasteiger charge is -2.23. The van der Waals surface area contributed by atoms with Crippen LogP contribution in [-0.2, 0) is 4.79 Å². The van der Waals surface area contributed by atoms with Crippen molar-refractivity contribution in [2.45, 2.75) is 44.9 Å². The molecule has 0 aliphatic heterocycles. The molecule has 16 heavy (non-hydrogen) atoms. The maximum Gasteiger partial charge on any atom is 0.308 e. The highest BCUT2D eigenvalue weighted by molar-refractivity contribution is 5.69. The van der Waals surface area contributed by atoms with Crippen molar-refractivity contribution in [1.82, 2.24) is 0 Å². The Bertz CT molecular complexity index is 365. The molecule has 2 heteroatoms. The molecule has 0 unspecified atom stereocenters. The van der Waals surface area contributed by atoms with E-state index in [9.17, 15) is 4.79 Å². The van der Waals surface area contributed by atoms with Crippen molar-refractivity contribution >= 4 is 5.97 Å². The van der Waals surface area contributed by atoms with Gasteiger partial charge in [-0.3, -0.25) is 4.79 Å². The van der Waals surface area contributed by atoms with Crippen LogP contribution in [0.25, 0.3) is 0 Å². The summed E-state index contributed by atoms with van der Waals surface area (Å²) in [7, 11) is 0. The summed E-state index contributed by atoms with van der Waals surface area (Å²) in [5.41, 5.74) is 1.21. The summed E-state index contributed by atoms with van der Waals surface area (Å²) >= 11 is 0. The zero-order valence-electron chi connectivity index (χ0n) is 9.74. The Hall–Kier alpha value is -1.31. The molecule has 2 nitrogen and oxygen atoms in total. The van der Waals surface area contributed by atoms with Gasteiger partial charge in [0, 0.05) is 6.92 Å². The first-order valence-electron chi connectivity index (χ1n) is 6.04. The summed E-state index contributed by atoms with van der Waals surface area (Å²) in [5.74, 6) is 1.09. The highest BCUT2D eigenvalue weighted by Gasteiger charge is 2.19. The first kappa shape index (κ1) is 11.2. The second-order valence-electron chi connectivity index (χ2n) is 4.47. The molecule has 1 aromatic rings. The van der Waals surface area contributed by atoms with Crippen molar-refractivity contribution < 1.29 is 9.53 Å². The number of esters is 1. The lowest BCUT2D eigenvalue weighted by molar-refractivity contribution is -0.131. The van der Waals surface area contributed by atoms with Crippen molar-refractivity contribution in [2.75, 3.05) is 0 Å². The van der Waals surface area contributed by atoms with Crippen LogP contribution in [0.5, 0.6) is 5.75 Å². The van der Waals surface area contributed by atoms with Crippen LogP contribution < -0.4 is 4.74 Å². The zero-order chi connectivity index (χ0) is 11.4. The predicted molar refractivity (Wildman–Crippen MR) is 63.6 cm³/mol. The number of carbonyl (C=O) groups excluding carboxylic acids is 1. The standard InChI is InChI=1S/C14H18O2/c1-11(15)16-14-10-6-5-9-13(14)12-7-3-2-4-8-12/h5-6,9-10,12H,2-4,7-8H2,1H3. The fourth-order valence-electron chi connectivity index (χ4n) is 2.48. The molecule has 86 valence electrons. The smallest absolute Gasteiger partial charge is 0.308 e. The maximum atomic E-state index is 11.0.